The number of benzene rings is 2. The van der Waals surface area contributed by atoms with Crippen molar-refractivity contribution in [3.8, 4) is 5.75 Å². The first-order chi connectivity index (χ1) is 16.4. The molecule has 2 aliphatic heterocycles. The van der Waals surface area contributed by atoms with Gasteiger partial charge >= 0.3 is 6.09 Å². The van der Waals surface area contributed by atoms with Crippen molar-refractivity contribution in [1.82, 2.24) is 25.2 Å². The molecule has 3 heterocycles. The Balaban J connectivity index is 1.17. The van der Waals surface area contributed by atoms with Crippen LogP contribution >= 0.6 is 11.6 Å². The summed E-state index contributed by atoms with van der Waals surface area (Å²) in [5.74, 6) is 0.0948. The Morgan fingerprint density at radius 2 is 1.88 bits per heavy atom. The molecule has 1 N–H and O–H groups in total. The summed E-state index contributed by atoms with van der Waals surface area (Å²) in [5.41, 5.74) is 2.40. The van der Waals surface area contributed by atoms with E-state index in [0.717, 1.165) is 5.52 Å². The summed E-state index contributed by atoms with van der Waals surface area (Å²) in [4.78, 5) is 29.1. The molecule has 0 aliphatic carbocycles. The van der Waals surface area contributed by atoms with Gasteiger partial charge in [0.1, 0.15) is 23.7 Å². The molecule has 0 bridgehead atoms. The SMILES string of the molecule is CCOc1cc(Cl)c(F)cc1COC(=O)N1C[C@@H]2CN(C(=O)c3ccc4[nH]nnc4c3)C[C@H]2C1. The van der Waals surface area contributed by atoms with Crippen molar-refractivity contribution in [2.45, 2.75) is 13.5 Å². The van der Waals surface area contributed by atoms with Crippen LogP contribution in [-0.2, 0) is 11.3 Å². The maximum atomic E-state index is 13.9. The fourth-order valence-electron chi connectivity index (χ4n) is 4.67. The minimum absolute atomic E-state index is 0.0501. The number of amides is 2. The molecule has 0 radical (unpaired) electrons. The number of aromatic nitrogens is 3. The summed E-state index contributed by atoms with van der Waals surface area (Å²) in [7, 11) is 0. The van der Waals surface area contributed by atoms with Gasteiger partial charge in [-0.05, 0) is 31.2 Å². The van der Waals surface area contributed by atoms with E-state index < -0.39 is 11.9 Å². The van der Waals surface area contributed by atoms with Gasteiger partial charge in [0.25, 0.3) is 5.91 Å². The average molecular weight is 488 g/mol. The third kappa shape index (κ3) is 4.25. The summed E-state index contributed by atoms with van der Waals surface area (Å²) in [6.07, 6.45) is -0.471. The van der Waals surface area contributed by atoms with Crippen LogP contribution < -0.4 is 4.74 Å². The zero-order valence-corrected chi connectivity index (χ0v) is 19.2. The number of nitrogens with zero attached hydrogens (tertiary/aromatic N) is 4. The molecular formula is C23H23ClFN5O4. The van der Waals surface area contributed by atoms with E-state index in [0.29, 0.717) is 55.2 Å². The molecule has 178 valence electrons. The third-order valence-corrected chi connectivity index (χ3v) is 6.65. The minimum Gasteiger partial charge on any atom is -0.493 e. The molecule has 34 heavy (non-hydrogen) atoms. The van der Waals surface area contributed by atoms with Gasteiger partial charge in [0, 0.05) is 55.2 Å². The summed E-state index contributed by atoms with van der Waals surface area (Å²) in [6.45, 7) is 4.20. The number of hydrogen-bond donors (Lipinski definition) is 1. The van der Waals surface area contributed by atoms with Crippen LogP contribution in [0.5, 0.6) is 5.75 Å². The number of aromatic amines is 1. The Morgan fingerprint density at radius 3 is 2.62 bits per heavy atom. The molecule has 2 saturated heterocycles. The highest BCUT2D eigenvalue weighted by atomic mass is 35.5. The highest BCUT2D eigenvalue weighted by Gasteiger charge is 2.43. The highest BCUT2D eigenvalue weighted by molar-refractivity contribution is 6.30. The normalized spacial score (nSPS) is 19.5. The number of carbonyl (C=O) groups excluding carboxylic acids is 2. The molecule has 11 heteroatoms. The Kier molecular flexibility index (Phi) is 5.99. The summed E-state index contributed by atoms with van der Waals surface area (Å²) >= 11 is 5.83. The van der Waals surface area contributed by atoms with Gasteiger partial charge in [0.05, 0.1) is 17.1 Å². The maximum Gasteiger partial charge on any atom is 0.410 e. The van der Waals surface area contributed by atoms with Crippen molar-refractivity contribution in [3.05, 3.63) is 52.3 Å². The number of nitrogens with one attached hydrogen (secondary N) is 1. The van der Waals surface area contributed by atoms with Crippen molar-refractivity contribution < 1.29 is 23.5 Å². The Morgan fingerprint density at radius 1 is 1.15 bits per heavy atom. The second-order valence-electron chi connectivity index (χ2n) is 8.54. The zero-order valence-electron chi connectivity index (χ0n) is 18.5. The largest absolute Gasteiger partial charge is 0.493 e. The molecule has 2 amide bonds. The second kappa shape index (κ2) is 9.09. The Bertz CT molecular complexity index is 1240. The van der Waals surface area contributed by atoms with Crippen LogP contribution in [0.2, 0.25) is 5.02 Å². The van der Waals surface area contributed by atoms with E-state index in [1.165, 1.54) is 12.1 Å². The Hall–Kier alpha value is -3.40. The number of carbonyl (C=O) groups is 2. The van der Waals surface area contributed by atoms with E-state index in [1.54, 1.807) is 30.0 Å². The fraction of sp³-hybridized carbons (Fsp3) is 0.391. The van der Waals surface area contributed by atoms with Gasteiger partial charge in [0.2, 0.25) is 0 Å². The lowest BCUT2D eigenvalue weighted by Crippen LogP contribution is -2.35. The number of hydrogen-bond acceptors (Lipinski definition) is 6. The molecule has 5 rings (SSSR count). The Labute approximate surface area is 199 Å². The van der Waals surface area contributed by atoms with Crippen molar-refractivity contribution in [2.24, 2.45) is 11.8 Å². The zero-order chi connectivity index (χ0) is 23.8. The molecule has 0 spiro atoms. The van der Waals surface area contributed by atoms with Gasteiger partial charge in [0.15, 0.2) is 0 Å². The van der Waals surface area contributed by atoms with E-state index in [2.05, 4.69) is 15.4 Å². The maximum absolute atomic E-state index is 13.9. The quantitative estimate of drug-likeness (QED) is 0.591. The summed E-state index contributed by atoms with van der Waals surface area (Å²) in [6, 6.07) is 7.89. The molecule has 0 unspecified atom stereocenters. The predicted octanol–water partition coefficient (Wildman–Crippen LogP) is 3.49. The molecule has 0 saturated carbocycles. The van der Waals surface area contributed by atoms with Gasteiger partial charge in [-0.15, -0.1) is 5.10 Å². The van der Waals surface area contributed by atoms with Crippen LogP contribution in [0.3, 0.4) is 0 Å². The van der Waals surface area contributed by atoms with E-state index in [4.69, 9.17) is 21.1 Å². The highest BCUT2D eigenvalue weighted by Crippen LogP contribution is 2.33. The van der Waals surface area contributed by atoms with E-state index in [-0.39, 0.29) is 29.4 Å². The van der Waals surface area contributed by atoms with Crippen molar-refractivity contribution in [3.63, 3.8) is 0 Å². The molecular weight excluding hydrogens is 465 g/mol. The molecule has 1 aromatic heterocycles. The van der Waals surface area contributed by atoms with Gasteiger partial charge in [-0.2, -0.15) is 0 Å². The van der Waals surface area contributed by atoms with Gasteiger partial charge < -0.3 is 19.3 Å². The van der Waals surface area contributed by atoms with Crippen molar-refractivity contribution in [1.29, 1.82) is 0 Å². The lowest BCUT2D eigenvalue weighted by molar-refractivity contribution is 0.0764. The van der Waals surface area contributed by atoms with Crippen LogP contribution in [0.25, 0.3) is 11.0 Å². The van der Waals surface area contributed by atoms with Crippen LogP contribution in [0.4, 0.5) is 9.18 Å². The standard InChI is InChI=1S/C23H23ClFN5O4/c1-2-33-21-7-17(24)18(25)5-14(21)12-34-23(32)30-10-15-8-29(9-16(15)11-30)22(31)13-3-4-19-20(6-13)27-28-26-19/h3-7,15-16H,2,8-12H2,1H3,(H,26,27,28)/t15-,16-/m0/s1. The third-order valence-electron chi connectivity index (χ3n) is 6.36. The van der Waals surface area contributed by atoms with Crippen LogP contribution in [0, 0.1) is 17.7 Å². The van der Waals surface area contributed by atoms with Crippen molar-refractivity contribution >= 4 is 34.6 Å². The lowest BCUT2D eigenvalue weighted by Gasteiger charge is -2.22. The lowest BCUT2D eigenvalue weighted by atomic mass is 10.0. The summed E-state index contributed by atoms with van der Waals surface area (Å²) < 4.78 is 24.8. The van der Waals surface area contributed by atoms with Gasteiger partial charge in [-0.3, -0.25) is 9.89 Å². The molecule has 2 atom stereocenters. The van der Waals surface area contributed by atoms with E-state index in [1.807, 2.05) is 4.90 Å². The topological polar surface area (TPSA) is 101 Å². The average Bonchev–Trinajstić information content (AvgIpc) is 3.54. The van der Waals surface area contributed by atoms with Crippen LogP contribution in [0.1, 0.15) is 22.8 Å². The van der Waals surface area contributed by atoms with E-state index >= 15 is 0 Å². The molecule has 9 nitrogen and oxygen atoms in total. The first kappa shape index (κ1) is 22.4. The van der Waals surface area contributed by atoms with Gasteiger partial charge in [-0.1, -0.05) is 16.8 Å². The van der Waals surface area contributed by atoms with Gasteiger partial charge in [-0.25, -0.2) is 9.18 Å². The van der Waals surface area contributed by atoms with Crippen molar-refractivity contribution in [2.75, 3.05) is 32.8 Å². The number of likely N-dealkylation sites (tertiary alicyclic amines) is 2. The first-order valence-corrected chi connectivity index (χ1v) is 11.4. The monoisotopic (exact) mass is 487 g/mol. The van der Waals surface area contributed by atoms with E-state index in [9.17, 15) is 14.0 Å². The number of ether oxygens (including phenoxy) is 2. The predicted molar refractivity (Wildman–Crippen MR) is 121 cm³/mol. The number of fused-ring (bicyclic) bond motifs is 2. The number of rotatable bonds is 5. The smallest absolute Gasteiger partial charge is 0.410 e. The fourth-order valence-corrected chi connectivity index (χ4v) is 4.82. The second-order valence-corrected chi connectivity index (χ2v) is 8.95. The molecule has 2 aliphatic rings. The molecule has 2 aromatic carbocycles. The summed E-state index contributed by atoms with van der Waals surface area (Å²) in [5, 5.41) is 10.4. The number of halogens is 2. The minimum atomic E-state index is -0.598. The van der Waals surface area contributed by atoms with Crippen LogP contribution in [0.15, 0.2) is 30.3 Å². The first-order valence-electron chi connectivity index (χ1n) is 11.1. The van der Waals surface area contributed by atoms with Crippen LogP contribution in [-0.4, -0.2) is 70.0 Å². The number of H-pyrrole nitrogens is 1. The molecule has 3 aromatic rings. The molecule has 2 fully saturated rings.